The van der Waals surface area contributed by atoms with Crippen molar-refractivity contribution in [3.05, 3.63) is 69.9 Å². The standard InChI is InChI=1S/C18H18ClNO/c1-12-8-13(2)17-15(9-12)16(11-21)18(19)20(17)10-14-6-4-3-5-7-14/h3-9,21H,10-11H2,1-2H3. The molecule has 2 aromatic carbocycles. The van der Waals surface area contributed by atoms with Gasteiger partial charge in [-0.25, -0.2) is 0 Å². The van der Waals surface area contributed by atoms with Crippen LogP contribution in [-0.2, 0) is 13.2 Å². The zero-order chi connectivity index (χ0) is 15.0. The van der Waals surface area contributed by atoms with Gasteiger partial charge in [0.1, 0.15) is 5.15 Å². The number of halogens is 1. The predicted octanol–water partition coefficient (Wildman–Crippen LogP) is 4.45. The Bertz CT molecular complexity index is 790. The monoisotopic (exact) mass is 299 g/mol. The van der Waals surface area contributed by atoms with E-state index in [9.17, 15) is 5.11 Å². The molecule has 1 N–H and O–H groups in total. The van der Waals surface area contributed by atoms with Crippen molar-refractivity contribution in [3.8, 4) is 0 Å². The number of aryl methyl sites for hydroxylation is 2. The van der Waals surface area contributed by atoms with E-state index >= 15 is 0 Å². The Kier molecular flexibility index (Phi) is 3.75. The normalized spacial score (nSPS) is 11.2. The molecule has 0 fully saturated rings. The van der Waals surface area contributed by atoms with E-state index in [0.29, 0.717) is 11.7 Å². The topological polar surface area (TPSA) is 25.2 Å². The van der Waals surface area contributed by atoms with Gasteiger partial charge in [-0.3, -0.25) is 0 Å². The van der Waals surface area contributed by atoms with Crippen molar-refractivity contribution in [1.82, 2.24) is 4.57 Å². The van der Waals surface area contributed by atoms with Gasteiger partial charge in [0.25, 0.3) is 0 Å². The van der Waals surface area contributed by atoms with Gasteiger partial charge in [-0.15, -0.1) is 0 Å². The molecule has 0 spiro atoms. The first kappa shape index (κ1) is 14.2. The Labute approximate surface area is 129 Å². The molecule has 3 aromatic rings. The third kappa shape index (κ3) is 2.45. The van der Waals surface area contributed by atoms with Crippen LogP contribution in [0.4, 0.5) is 0 Å². The highest BCUT2D eigenvalue weighted by Crippen LogP contribution is 2.33. The summed E-state index contributed by atoms with van der Waals surface area (Å²) in [4.78, 5) is 0. The van der Waals surface area contributed by atoms with Crippen LogP contribution in [0.15, 0.2) is 42.5 Å². The first-order valence-corrected chi connectivity index (χ1v) is 7.42. The van der Waals surface area contributed by atoms with E-state index in [1.165, 1.54) is 16.7 Å². The highest BCUT2D eigenvalue weighted by atomic mass is 35.5. The van der Waals surface area contributed by atoms with E-state index in [1.807, 2.05) is 18.2 Å². The minimum Gasteiger partial charge on any atom is -0.392 e. The van der Waals surface area contributed by atoms with E-state index in [2.05, 4.69) is 42.7 Å². The summed E-state index contributed by atoms with van der Waals surface area (Å²) in [6.45, 7) is 4.82. The molecule has 0 unspecified atom stereocenters. The molecule has 0 radical (unpaired) electrons. The molecule has 0 saturated carbocycles. The van der Waals surface area contributed by atoms with Crippen LogP contribution >= 0.6 is 11.6 Å². The zero-order valence-corrected chi connectivity index (χ0v) is 13.0. The summed E-state index contributed by atoms with van der Waals surface area (Å²) >= 11 is 6.53. The molecule has 3 heteroatoms. The number of aliphatic hydroxyl groups excluding tert-OH is 1. The molecule has 0 aliphatic heterocycles. The Morgan fingerprint density at radius 2 is 1.81 bits per heavy atom. The Morgan fingerprint density at radius 3 is 2.48 bits per heavy atom. The highest BCUT2D eigenvalue weighted by molar-refractivity contribution is 6.32. The molecule has 1 heterocycles. The van der Waals surface area contributed by atoms with Gasteiger partial charge in [-0.2, -0.15) is 0 Å². The Hall–Kier alpha value is -1.77. The summed E-state index contributed by atoms with van der Waals surface area (Å²) in [5.74, 6) is 0. The fourth-order valence-electron chi connectivity index (χ4n) is 2.99. The van der Waals surface area contributed by atoms with Crippen molar-refractivity contribution in [2.75, 3.05) is 0 Å². The average molecular weight is 300 g/mol. The lowest BCUT2D eigenvalue weighted by Crippen LogP contribution is -2.01. The van der Waals surface area contributed by atoms with Gasteiger partial charge in [0, 0.05) is 17.5 Å². The SMILES string of the molecule is Cc1cc(C)c2c(c1)c(CO)c(Cl)n2Cc1ccccc1. The zero-order valence-electron chi connectivity index (χ0n) is 12.2. The van der Waals surface area contributed by atoms with E-state index in [-0.39, 0.29) is 6.61 Å². The number of nitrogens with zero attached hydrogens (tertiary/aromatic N) is 1. The van der Waals surface area contributed by atoms with Crippen molar-refractivity contribution < 1.29 is 5.11 Å². The van der Waals surface area contributed by atoms with Crippen LogP contribution in [0, 0.1) is 13.8 Å². The second kappa shape index (κ2) is 5.55. The number of hydrogen-bond acceptors (Lipinski definition) is 1. The van der Waals surface area contributed by atoms with Crippen molar-refractivity contribution in [3.63, 3.8) is 0 Å². The average Bonchev–Trinajstić information content (AvgIpc) is 2.72. The van der Waals surface area contributed by atoms with Crippen LogP contribution in [0.3, 0.4) is 0 Å². The summed E-state index contributed by atoms with van der Waals surface area (Å²) in [7, 11) is 0. The molecular formula is C18H18ClNO. The summed E-state index contributed by atoms with van der Waals surface area (Å²) in [6.07, 6.45) is 0. The van der Waals surface area contributed by atoms with Crippen molar-refractivity contribution in [1.29, 1.82) is 0 Å². The fraction of sp³-hybridized carbons (Fsp3) is 0.222. The summed E-state index contributed by atoms with van der Waals surface area (Å²) in [5, 5.41) is 11.4. The van der Waals surface area contributed by atoms with E-state index in [4.69, 9.17) is 11.6 Å². The molecular weight excluding hydrogens is 282 g/mol. The molecule has 0 bridgehead atoms. The van der Waals surface area contributed by atoms with Gasteiger partial charge in [0.05, 0.1) is 12.1 Å². The maximum atomic E-state index is 9.68. The number of hydrogen-bond donors (Lipinski definition) is 1. The van der Waals surface area contributed by atoms with Gasteiger partial charge in [0.15, 0.2) is 0 Å². The second-order valence-corrected chi connectivity index (χ2v) is 5.84. The van der Waals surface area contributed by atoms with Crippen molar-refractivity contribution in [2.45, 2.75) is 27.0 Å². The molecule has 0 atom stereocenters. The molecule has 0 aliphatic rings. The van der Waals surface area contributed by atoms with Gasteiger partial charge >= 0.3 is 0 Å². The lowest BCUT2D eigenvalue weighted by molar-refractivity contribution is 0.283. The lowest BCUT2D eigenvalue weighted by Gasteiger charge is -2.10. The number of rotatable bonds is 3. The fourth-order valence-corrected chi connectivity index (χ4v) is 3.29. The Balaban J connectivity index is 2.24. The highest BCUT2D eigenvalue weighted by Gasteiger charge is 2.17. The minimum absolute atomic E-state index is 0.0417. The van der Waals surface area contributed by atoms with Crippen LogP contribution in [-0.4, -0.2) is 9.67 Å². The molecule has 2 nitrogen and oxygen atoms in total. The summed E-state index contributed by atoms with van der Waals surface area (Å²) in [5.41, 5.74) is 5.49. The minimum atomic E-state index is -0.0417. The summed E-state index contributed by atoms with van der Waals surface area (Å²) in [6, 6.07) is 14.5. The van der Waals surface area contributed by atoms with Crippen molar-refractivity contribution in [2.24, 2.45) is 0 Å². The van der Waals surface area contributed by atoms with Crippen LogP contribution in [0.1, 0.15) is 22.3 Å². The van der Waals surface area contributed by atoms with E-state index in [1.54, 1.807) is 0 Å². The van der Waals surface area contributed by atoms with Crippen LogP contribution in [0.5, 0.6) is 0 Å². The maximum absolute atomic E-state index is 9.68. The van der Waals surface area contributed by atoms with Gasteiger partial charge in [-0.1, -0.05) is 53.6 Å². The van der Waals surface area contributed by atoms with Gasteiger partial charge in [-0.05, 0) is 31.0 Å². The largest absolute Gasteiger partial charge is 0.392 e. The van der Waals surface area contributed by atoms with Gasteiger partial charge in [0.2, 0.25) is 0 Å². The number of aliphatic hydroxyl groups is 1. The molecule has 108 valence electrons. The second-order valence-electron chi connectivity index (χ2n) is 5.48. The molecule has 0 amide bonds. The quantitative estimate of drug-likeness (QED) is 0.759. The third-order valence-corrected chi connectivity index (χ3v) is 4.30. The maximum Gasteiger partial charge on any atom is 0.115 e. The first-order chi connectivity index (χ1) is 10.1. The summed E-state index contributed by atoms with van der Waals surface area (Å²) < 4.78 is 2.09. The van der Waals surface area contributed by atoms with Crippen LogP contribution in [0.25, 0.3) is 10.9 Å². The molecule has 3 rings (SSSR count). The predicted molar refractivity (Wildman–Crippen MR) is 87.9 cm³/mol. The van der Waals surface area contributed by atoms with E-state index < -0.39 is 0 Å². The number of fused-ring (bicyclic) bond motifs is 1. The molecule has 0 aliphatic carbocycles. The number of benzene rings is 2. The van der Waals surface area contributed by atoms with Gasteiger partial charge < -0.3 is 9.67 Å². The van der Waals surface area contributed by atoms with Crippen LogP contribution in [0.2, 0.25) is 5.15 Å². The number of aromatic nitrogens is 1. The smallest absolute Gasteiger partial charge is 0.115 e. The van der Waals surface area contributed by atoms with E-state index in [0.717, 1.165) is 16.5 Å². The first-order valence-electron chi connectivity index (χ1n) is 7.04. The van der Waals surface area contributed by atoms with Crippen LogP contribution < -0.4 is 0 Å². The lowest BCUT2D eigenvalue weighted by atomic mass is 10.1. The molecule has 21 heavy (non-hydrogen) atoms. The third-order valence-electron chi connectivity index (χ3n) is 3.87. The molecule has 1 aromatic heterocycles. The Morgan fingerprint density at radius 1 is 1.10 bits per heavy atom. The molecule has 0 saturated heterocycles. The van der Waals surface area contributed by atoms with Crippen molar-refractivity contribution >= 4 is 22.5 Å².